The number of aliphatic imine (C=N–C) groups is 1. The van der Waals surface area contributed by atoms with E-state index in [1.165, 1.54) is 0 Å². The van der Waals surface area contributed by atoms with Gasteiger partial charge in [-0.15, -0.1) is 0 Å². The van der Waals surface area contributed by atoms with Crippen LogP contribution < -0.4 is 0 Å². The Labute approximate surface area is 55.9 Å². The van der Waals surface area contributed by atoms with Gasteiger partial charge in [0.15, 0.2) is 6.40 Å². The third-order valence-electron chi connectivity index (χ3n) is 1.57. The van der Waals surface area contributed by atoms with Crippen LogP contribution in [0.3, 0.4) is 0 Å². The lowest BCUT2D eigenvalue weighted by Gasteiger charge is -2.22. The second kappa shape index (κ2) is 2.01. The molecule has 0 fully saturated rings. The lowest BCUT2D eigenvalue weighted by Crippen LogP contribution is -2.25. The van der Waals surface area contributed by atoms with Crippen molar-refractivity contribution >= 4 is 6.40 Å². The van der Waals surface area contributed by atoms with Crippen molar-refractivity contribution in [3.63, 3.8) is 0 Å². The van der Waals surface area contributed by atoms with Gasteiger partial charge in [-0.3, -0.25) is 4.99 Å². The zero-order valence-corrected chi connectivity index (χ0v) is 6.22. The quantitative estimate of drug-likeness (QED) is 0.482. The van der Waals surface area contributed by atoms with Gasteiger partial charge >= 0.3 is 0 Å². The van der Waals surface area contributed by atoms with Crippen LogP contribution in [0.4, 0.5) is 0 Å². The highest BCUT2D eigenvalue weighted by atomic mass is 16.5. The van der Waals surface area contributed by atoms with Crippen molar-refractivity contribution in [2.24, 2.45) is 10.4 Å². The molecule has 9 heavy (non-hydrogen) atoms. The van der Waals surface area contributed by atoms with Crippen molar-refractivity contribution in [1.29, 1.82) is 0 Å². The van der Waals surface area contributed by atoms with Crippen LogP contribution in [0.2, 0.25) is 0 Å². The summed E-state index contributed by atoms with van der Waals surface area (Å²) in [6.45, 7) is 7.26. The van der Waals surface area contributed by atoms with E-state index in [1.807, 2.05) is 0 Å². The van der Waals surface area contributed by atoms with E-state index in [1.54, 1.807) is 6.40 Å². The van der Waals surface area contributed by atoms with E-state index >= 15 is 0 Å². The molecule has 0 bridgehead atoms. The zero-order chi connectivity index (χ0) is 6.91. The first kappa shape index (κ1) is 6.59. The topological polar surface area (TPSA) is 21.6 Å². The number of ether oxygens (including phenoxy) is 1. The fraction of sp³-hybridized carbons (Fsp3) is 0.857. The SMILES string of the molecule is CC(C)(C)C1COC=N1. The molecule has 52 valence electrons. The average molecular weight is 127 g/mol. The van der Waals surface area contributed by atoms with Gasteiger partial charge in [0.1, 0.15) is 6.61 Å². The van der Waals surface area contributed by atoms with Crippen molar-refractivity contribution in [3.8, 4) is 0 Å². The fourth-order valence-corrected chi connectivity index (χ4v) is 0.767. The van der Waals surface area contributed by atoms with Crippen LogP contribution in [0.1, 0.15) is 20.8 Å². The highest BCUT2D eigenvalue weighted by Gasteiger charge is 2.26. The molecule has 0 spiro atoms. The molecule has 0 aromatic rings. The van der Waals surface area contributed by atoms with E-state index in [0.717, 1.165) is 6.61 Å². The maximum absolute atomic E-state index is 4.99. The first-order valence-corrected chi connectivity index (χ1v) is 3.24. The van der Waals surface area contributed by atoms with Crippen LogP contribution in [0.25, 0.3) is 0 Å². The highest BCUT2D eigenvalue weighted by Crippen LogP contribution is 2.23. The minimum Gasteiger partial charge on any atom is -0.481 e. The third kappa shape index (κ3) is 1.44. The Morgan fingerprint density at radius 3 is 2.44 bits per heavy atom. The molecule has 1 atom stereocenters. The van der Waals surface area contributed by atoms with Crippen molar-refractivity contribution in [2.45, 2.75) is 26.8 Å². The number of nitrogens with zero attached hydrogens (tertiary/aromatic N) is 1. The number of rotatable bonds is 0. The molecule has 2 heteroatoms. The van der Waals surface area contributed by atoms with E-state index < -0.39 is 0 Å². The fourth-order valence-electron chi connectivity index (χ4n) is 0.767. The Balaban J connectivity index is 2.53. The minimum absolute atomic E-state index is 0.257. The van der Waals surface area contributed by atoms with Crippen molar-refractivity contribution in [3.05, 3.63) is 0 Å². The average Bonchev–Trinajstić information content (AvgIpc) is 2.08. The third-order valence-corrected chi connectivity index (χ3v) is 1.57. The van der Waals surface area contributed by atoms with Gasteiger partial charge in [-0.25, -0.2) is 0 Å². The summed E-state index contributed by atoms with van der Waals surface area (Å²) in [5.41, 5.74) is 0.257. The molecule has 1 unspecified atom stereocenters. The molecule has 0 amide bonds. The summed E-state index contributed by atoms with van der Waals surface area (Å²) in [4.78, 5) is 4.16. The first-order valence-electron chi connectivity index (χ1n) is 3.24. The Kier molecular flexibility index (Phi) is 1.47. The van der Waals surface area contributed by atoms with E-state index in [0.29, 0.717) is 6.04 Å². The predicted octanol–water partition coefficient (Wildman–Crippen LogP) is 1.46. The molecule has 1 aliphatic heterocycles. The second-order valence-corrected chi connectivity index (χ2v) is 3.47. The van der Waals surface area contributed by atoms with Crippen molar-refractivity contribution in [1.82, 2.24) is 0 Å². The standard InChI is InChI=1S/C7H13NO/c1-7(2,3)6-4-9-5-8-6/h5-6H,4H2,1-3H3. The molecule has 0 N–H and O–H groups in total. The monoisotopic (exact) mass is 127 g/mol. The molecule has 1 rings (SSSR count). The summed E-state index contributed by atoms with van der Waals surface area (Å²) < 4.78 is 4.99. The maximum atomic E-state index is 4.99. The molecule has 0 aromatic heterocycles. The van der Waals surface area contributed by atoms with Crippen LogP contribution in [-0.2, 0) is 4.74 Å². The van der Waals surface area contributed by atoms with Gasteiger partial charge in [0.05, 0.1) is 6.04 Å². The van der Waals surface area contributed by atoms with Gasteiger partial charge in [-0.1, -0.05) is 20.8 Å². The molecular weight excluding hydrogens is 114 g/mol. The molecular formula is C7H13NO. The molecule has 0 aliphatic carbocycles. The van der Waals surface area contributed by atoms with Crippen LogP contribution in [0.15, 0.2) is 4.99 Å². The van der Waals surface area contributed by atoms with Crippen LogP contribution >= 0.6 is 0 Å². The zero-order valence-electron chi connectivity index (χ0n) is 6.22. The Morgan fingerprint density at radius 2 is 2.22 bits per heavy atom. The Bertz CT molecular complexity index is 123. The molecule has 1 aliphatic rings. The lowest BCUT2D eigenvalue weighted by molar-refractivity contribution is 0.239. The molecule has 1 heterocycles. The normalized spacial score (nSPS) is 26.3. The van der Waals surface area contributed by atoms with Crippen molar-refractivity contribution in [2.75, 3.05) is 6.61 Å². The molecule has 0 aromatic carbocycles. The number of hydrogen-bond donors (Lipinski definition) is 0. The smallest absolute Gasteiger partial charge is 0.169 e. The van der Waals surface area contributed by atoms with E-state index in [9.17, 15) is 0 Å². The molecule has 2 nitrogen and oxygen atoms in total. The Morgan fingerprint density at radius 1 is 1.56 bits per heavy atom. The summed E-state index contributed by atoms with van der Waals surface area (Å²) in [5.74, 6) is 0. The predicted molar refractivity (Wildman–Crippen MR) is 37.7 cm³/mol. The van der Waals surface area contributed by atoms with Gasteiger partial charge in [0, 0.05) is 0 Å². The largest absolute Gasteiger partial charge is 0.481 e. The van der Waals surface area contributed by atoms with Crippen LogP contribution in [-0.4, -0.2) is 19.0 Å². The highest BCUT2D eigenvalue weighted by molar-refractivity contribution is 5.49. The van der Waals surface area contributed by atoms with Crippen LogP contribution in [0, 0.1) is 5.41 Å². The summed E-state index contributed by atoms with van der Waals surface area (Å²) >= 11 is 0. The molecule has 0 radical (unpaired) electrons. The summed E-state index contributed by atoms with van der Waals surface area (Å²) in [7, 11) is 0. The maximum Gasteiger partial charge on any atom is 0.169 e. The summed E-state index contributed by atoms with van der Waals surface area (Å²) in [5, 5.41) is 0. The van der Waals surface area contributed by atoms with Gasteiger partial charge < -0.3 is 4.74 Å². The lowest BCUT2D eigenvalue weighted by atomic mass is 9.88. The number of hydrogen-bond acceptors (Lipinski definition) is 2. The van der Waals surface area contributed by atoms with E-state index in [2.05, 4.69) is 25.8 Å². The van der Waals surface area contributed by atoms with Gasteiger partial charge in [0.2, 0.25) is 0 Å². The molecule has 0 saturated heterocycles. The Hall–Kier alpha value is -0.530. The second-order valence-electron chi connectivity index (χ2n) is 3.47. The minimum atomic E-state index is 0.257. The first-order chi connectivity index (χ1) is 4.11. The van der Waals surface area contributed by atoms with Crippen LogP contribution in [0.5, 0.6) is 0 Å². The van der Waals surface area contributed by atoms with E-state index in [-0.39, 0.29) is 5.41 Å². The van der Waals surface area contributed by atoms with E-state index in [4.69, 9.17) is 4.74 Å². The summed E-state index contributed by atoms with van der Waals surface area (Å²) in [6.07, 6.45) is 1.55. The van der Waals surface area contributed by atoms with Crippen molar-refractivity contribution < 1.29 is 4.74 Å². The summed E-state index contributed by atoms with van der Waals surface area (Å²) in [6, 6.07) is 0.359. The van der Waals surface area contributed by atoms with Gasteiger partial charge in [-0.2, -0.15) is 0 Å². The van der Waals surface area contributed by atoms with Gasteiger partial charge in [0.25, 0.3) is 0 Å². The molecule has 0 saturated carbocycles. The van der Waals surface area contributed by atoms with Gasteiger partial charge in [-0.05, 0) is 5.41 Å².